The van der Waals surface area contributed by atoms with Gasteiger partial charge in [0.05, 0.1) is 6.54 Å². The highest BCUT2D eigenvalue weighted by atomic mass is 16.5. The van der Waals surface area contributed by atoms with Crippen molar-refractivity contribution in [3.8, 4) is 12.3 Å². The molecule has 0 aliphatic carbocycles. The number of hydrogen-bond acceptors (Lipinski definition) is 3. The zero-order chi connectivity index (χ0) is 13.3. The van der Waals surface area contributed by atoms with Crippen LogP contribution in [0.1, 0.15) is 32.1 Å². The van der Waals surface area contributed by atoms with Crippen LogP contribution >= 0.6 is 0 Å². The molecule has 2 fully saturated rings. The van der Waals surface area contributed by atoms with E-state index in [1.54, 1.807) is 0 Å². The monoisotopic (exact) mass is 264 g/mol. The van der Waals surface area contributed by atoms with Crippen LogP contribution in [0.25, 0.3) is 0 Å². The molecule has 2 rings (SSSR count). The molecule has 0 aromatic carbocycles. The van der Waals surface area contributed by atoms with Crippen molar-refractivity contribution < 1.29 is 4.74 Å². The minimum Gasteiger partial charge on any atom is -0.381 e. The van der Waals surface area contributed by atoms with Crippen LogP contribution in [0.5, 0.6) is 0 Å². The van der Waals surface area contributed by atoms with Crippen LogP contribution in [0.15, 0.2) is 0 Å². The molecule has 0 radical (unpaired) electrons. The van der Waals surface area contributed by atoms with Crippen LogP contribution in [-0.2, 0) is 4.74 Å². The SMILES string of the molecule is C#CCN1CCN(CCCCC2CCOCC2)CC1. The van der Waals surface area contributed by atoms with E-state index in [2.05, 4.69) is 15.7 Å². The fourth-order valence-electron chi connectivity index (χ4n) is 3.10. The molecule has 0 atom stereocenters. The van der Waals surface area contributed by atoms with Gasteiger partial charge < -0.3 is 9.64 Å². The number of piperazine rings is 1. The topological polar surface area (TPSA) is 15.7 Å². The Balaban J connectivity index is 1.49. The normalized spacial score (nSPS) is 23.3. The predicted octanol–water partition coefficient (Wildman–Crippen LogP) is 1.83. The van der Waals surface area contributed by atoms with Crippen LogP contribution in [0.3, 0.4) is 0 Å². The molecule has 0 aromatic rings. The summed E-state index contributed by atoms with van der Waals surface area (Å²) in [7, 11) is 0. The molecule has 2 heterocycles. The number of terminal acetylenes is 1. The van der Waals surface area contributed by atoms with Gasteiger partial charge in [-0.2, -0.15) is 0 Å². The van der Waals surface area contributed by atoms with Crippen molar-refractivity contribution in [1.82, 2.24) is 9.80 Å². The van der Waals surface area contributed by atoms with Crippen molar-refractivity contribution in [2.45, 2.75) is 32.1 Å². The zero-order valence-electron chi connectivity index (χ0n) is 12.1. The number of rotatable bonds is 6. The first-order valence-electron chi connectivity index (χ1n) is 7.84. The highest BCUT2D eigenvalue weighted by molar-refractivity contribution is 4.89. The molecule has 0 unspecified atom stereocenters. The number of nitrogens with zero attached hydrogens (tertiary/aromatic N) is 2. The van der Waals surface area contributed by atoms with Crippen LogP contribution in [-0.4, -0.2) is 62.3 Å². The van der Waals surface area contributed by atoms with Gasteiger partial charge in [0.25, 0.3) is 0 Å². The molecular formula is C16H28N2O. The lowest BCUT2D eigenvalue weighted by atomic mass is 9.94. The van der Waals surface area contributed by atoms with Crippen molar-refractivity contribution in [2.75, 3.05) is 52.5 Å². The van der Waals surface area contributed by atoms with Crippen molar-refractivity contribution in [2.24, 2.45) is 5.92 Å². The molecule has 0 saturated carbocycles. The molecule has 2 saturated heterocycles. The third kappa shape index (κ3) is 5.52. The van der Waals surface area contributed by atoms with Gasteiger partial charge in [-0.1, -0.05) is 18.8 Å². The maximum Gasteiger partial charge on any atom is 0.0599 e. The third-order valence-corrected chi connectivity index (χ3v) is 4.46. The average Bonchev–Trinajstić information content (AvgIpc) is 2.47. The van der Waals surface area contributed by atoms with E-state index in [-0.39, 0.29) is 0 Å². The first-order valence-corrected chi connectivity index (χ1v) is 7.84. The maximum absolute atomic E-state index is 5.40. The minimum absolute atomic E-state index is 0.817. The Kier molecular flexibility index (Phi) is 6.70. The van der Waals surface area contributed by atoms with E-state index < -0.39 is 0 Å². The minimum atomic E-state index is 0.817. The third-order valence-electron chi connectivity index (χ3n) is 4.46. The molecule has 19 heavy (non-hydrogen) atoms. The van der Waals surface area contributed by atoms with E-state index in [1.807, 2.05) is 0 Å². The van der Waals surface area contributed by atoms with E-state index in [4.69, 9.17) is 11.2 Å². The summed E-state index contributed by atoms with van der Waals surface area (Å²) in [5.74, 6) is 3.67. The van der Waals surface area contributed by atoms with Gasteiger partial charge in [0, 0.05) is 39.4 Å². The quantitative estimate of drug-likeness (QED) is 0.538. The zero-order valence-corrected chi connectivity index (χ0v) is 12.1. The van der Waals surface area contributed by atoms with Gasteiger partial charge in [-0.05, 0) is 31.7 Å². The van der Waals surface area contributed by atoms with Crippen LogP contribution in [0, 0.1) is 18.3 Å². The van der Waals surface area contributed by atoms with Crippen molar-refractivity contribution in [3.63, 3.8) is 0 Å². The van der Waals surface area contributed by atoms with Crippen molar-refractivity contribution in [3.05, 3.63) is 0 Å². The standard InChI is InChI=1S/C16H28N2O/c1-2-8-17-10-12-18(13-11-17)9-4-3-5-16-6-14-19-15-7-16/h1,16H,3-15H2. The lowest BCUT2D eigenvalue weighted by Gasteiger charge is -2.33. The fraction of sp³-hybridized carbons (Fsp3) is 0.875. The van der Waals surface area contributed by atoms with Gasteiger partial charge in [-0.15, -0.1) is 6.42 Å². The smallest absolute Gasteiger partial charge is 0.0599 e. The fourth-order valence-corrected chi connectivity index (χ4v) is 3.10. The summed E-state index contributed by atoms with van der Waals surface area (Å²) in [6, 6.07) is 0. The summed E-state index contributed by atoms with van der Waals surface area (Å²) in [6.45, 7) is 8.74. The Morgan fingerprint density at radius 1 is 1.00 bits per heavy atom. The lowest BCUT2D eigenvalue weighted by molar-refractivity contribution is 0.0626. The van der Waals surface area contributed by atoms with Gasteiger partial charge in [0.15, 0.2) is 0 Å². The second kappa shape index (κ2) is 8.58. The molecule has 0 aromatic heterocycles. The summed E-state index contributed by atoms with van der Waals surface area (Å²) in [5, 5.41) is 0. The Morgan fingerprint density at radius 3 is 2.37 bits per heavy atom. The molecule has 0 N–H and O–H groups in total. The Bertz CT molecular complexity index is 273. The summed E-state index contributed by atoms with van der Waals surface area (Å²) >= 11 is 0. The number of unbranched alkanes of at least 4 members (excludes halogenated alkanes) is 1. The largest absolute Gasteiger partial charge is 0.381 e. The maximum atomic E-state index is 5.40. The molecule has 2 aliphatic heterocycles. The van der Waals surface area contributed by atoms with Crippen LogP contribution < -0.4 is 0 Å². The first-order chi connectivity index (χ1) is 9.38. The molecular weight excluding hydrogens is 236 g/mol. The van der Waals surface area contributed by atoms with Gasteiger partial charge in [0.2, 0.25) is 0 Å². The van der Waals surface area contributed by atoms with E-state index in [9.17, 15) is 0 Å². The summed E-state index contributed by atoms with van der Waals surface area (Å²) in [4.78, 5) is 4.97. The van der Waals surface area contributed by atoms with E-state index >= 15 is 0 Å². The van der Waals surface area contributed by atoms with Gasteiger partial charge in [-0.3, -0.25) is 4.90 Å². The molecule has 108 valence electrons. The summed E-state index contributed by atoms with van der Waals surface area (Å²) in [5.41, 5.74) is 0. The number of ether oxygens (including phenoxy) is 1. The lowest BCUT2D eigenvalue weighted by Crippen LogP contribution is -2.46. The average molecular weight is 264 g/mol. The summed E-state index contributed by atoms with van der Waals surface area (Å²) < 4.78 is 5.40. The Labute approximate surface area is 118 Å². The second-order valence-electron chi connectivity index (χ2n) is 5.87. The molecule has 0 spiro atoms. The molecule has 2 aliphatic rings. The second-order valence-corrected chi connectivity index (χ2v) is 5.87. The van der Waals surface area contributed by atoms with Crippen LogP contribution in [0.2, 0.25) is 0 Å². The highest BCUT2D eigenvalue weighted by Gasteiger charge is 2.16. The summed E-state index contributed by atoms with van der Waals surface area (Å²) in [6.07, 6.45) is 12.1. The van der Waals surface area contributed by atoms with Crippen molar-refractivity contribution >= 4 is 0 Å². The van der Waals surface area contributed by atoms with Crippen molar-refractivity contribution in [1.29, 1.82) is 0 Å². The van der Waals surface area contributed by atoms with Gasteiger partial charge >= 0.3 is 0 Å². The molecule has 0 amide bonds. The van der Waals surface area contributed by atoms with E-state index in [1.165, 1.54) is 51.7 Å². The van der Waals surface area contributed by atoms with E-state index in [0.29, 0.717) is 0 Å². The van der Waals surface area contributed by atoms with Gasteiger partial charge in [-0.25, -0.2) is 0 Å². The predicted molar refractivity (Wildman–Crippen MR) is 79.1 cm³/mol. The van der Waals surface area contributed by atoms with E-state index in [0.717, 1.165) is 38.8 Å². The molecule has 0 bridgehead atoms. The Hall–Kier alpha value is -0.560. The first kappa shape index (κ1) is 14.8. The Morgan fingerprint density at radius 2 is 1.68 bits per heavy atom. The number of hydrogen-bond donors (Lipinski definition) is 0. The highest BCUT2D eigenvalue weighted by Crippen LogP contribution is 2.20. The van der Waals surface area contributed by atoms with Crippen LogP contribution in [0.4, 0.5) is 0 Å². The molecule has 3 nitrogen and oxygen atoms in total. The molecule has 3 heteroatoms. The van der Waals surface area contributed by atoms with Gasteiger partial charge in [0.1, 0.15) is 0 Å².